The standard InChI is InChI=1S/C16H17N3O2S/c20-15-8-21-14-6-5-10(7-12(14)18-15)13-9-22-16(19-13)17-11-3-1-2-4-11/h5-7,9,11H,1-4,8H2,(H,17,19)(H,18,20). The highest BCUT2D eigenvalue weighted by atomic mass is 32.1. The quantitative estimate of drug-likeness (QED) is 0.910. The molecule has 114 valence electrons. The Morgan fingerprint density at radius 2 is 2.18 bits per heavy atom. The molecule has 1 aliphatic carbocycles. The van der Waals surface area contributed by atoms with E-state index in [2.05, 4.69) is 15.6 Å². The SMILES string of the molecule is O=C1COc2ccc(-c3csc(NC4CCCC4)n3)cc2N1. The Kier molecular flexibility index (Phi) is 3.46. The van der Waals surface area contributed by atoms with Crippen LogP contribution in [0.4, 0.5) is 10.8 Å². The fourth-order valence-electron chi connectivity index (χ4n) is 2.96. The van der Waals surface area contributed by atoms with E-state index in [1.807, 2.05) is 23.6 Å². The van der Waals surface area contributed by atoms with Crippen molar-refractivity contribution in [2.75, 3.05) is 17.2 Å². The second-order valence-corrected chi connectivity index (χ2v) is 6.57. The zero-order valence-corrected chi connectivity index (χ0v) is 12.9. The van der Waals surface area contributed by atoms with Gasteiger partial charge in [0.2, 0.25) is 0 Å². The molecule has 2 heterocycles. The molecule has 1 aliphatic heterocycles. The molecule has 0 unspecified atom stereocenters. The van der Waals surface area contributed by atoms with Crippen LogP contribution >= 0.6 is 11.3 Å². The first-order valence-corrected chi connectivity index (χ1v) is 8.45. The number of nitrogens with one attached hydrogen (secondary N) is 2. The van der Waals surface area contributed by atoms with Crippen molar-refractivity contribution >= 4 is 28.1 Å². The molecule has 5 nitrogen and oxygen atoms in total. The van der Waals surface area contributed by atoms with Crippen LogP contribution in [0.25, 0.3) is 11.3 Å². The van der Waals surface area contributed by atoms with E-state index in [-0.39, 0.29) is 12.5 Å². The van der Waals surface area contributed by atoms with Crippen LogP contribution in [0.5, 0.6) is 5.75 Å². The number of rotatable bonds is 3. The van der Waals surface area contributed by atoms with Gasteiger partial charge in [0.15, 0.2) is 11.7 Å². The van der Waals surface area contributed by atoms with E-state index in [1.54, 1.807) is 11.3 Å². The lowest BCUT2D eigenvalue weighted by molar-refractivity contribution is -0.118. The summed E-state index contributed by atoms with van der Waals surface area (Å²) in [6.45, 7) is 0.0818. The van der Waals surface area contributed by atoms with Crippen molar-refractivity contribution < 1.29 is 9.53 Å². The highest BCUT2D eigenvalue weighted by Crippen LogP contribution is 2.34. The number of aromatic nitrogens is 1. The number of amides is 1. The van der Waals surface area contributed by atoms with Gasteiger partial charge in [0.1, 0.15) is 5.75 Å². The van der Waals surface area contributed by atoms with Crippen molar-refractivity contribution in [3.63, 3.8) is 0 Å². The normalized spacial score (nSPS) is 17.7. The van der Waals surface area contributed by atoms with Gasteiger partial charge in [-0.25, -0.2) is 4.98 Å². The summed E-state index contributed by atoms with van der Waals surface area (Å²) in [5.41, 5.74) is 2.63. The number of ether oxygens (including phenoxy) is 1. The summed E-state index contributed by atoms with van der Waals surface area (Å²) in [6.07, 6.45) is 5.08. The third-order valence-corrected chi connectivity index (χ3v) is 4.87. The zero-order chi connectivity index (χ0) is 14.9. The second kappa shape index (κ2) is 5.61. The highest BCUT2D eigenvalue weighted by Gasteiger charge is 2.18. The van der Waals surface area contributed by atoms with E-state index < -0.39 is 0 Å². The van der Waals surface area contributed by atoms with Gasteiger partial charge in [-0.2, -0.15) is 0 Å². The Balaban J connectivity index is 1.55. The summed E-state index contributed by atoms with van der Waals surface area (Å²) in [5, 5.41) is 9.36. The number of hydrogen-bond acceptors (Lipinski definition) is 5. The lowest BCUT2D eigenvalue weighted by Crippen LogP contribution is -2.25. The number of fused-ring (bicyclic) bond motifs is 1. The third kappa shape index (κ3) is 2.66. The monoisotopic (exact) mass is 315 g/mol. The first-order chi connectivity index (χ1) is 10.8. The Bertz CT molecular complexity index is 707. The number of carbonyl (C=O) groups excluding carboxylic acids is 1. The van der Waals surface area contributed by atoms with Crippen molar-refractivity contribution in [3.8, 4) is 17.0 Å². The number of carbonyl (C=O) groups is 1. The fourth-order valence-corrected chi connectivity index (χ4v) is 3.76. The maximum Gasteiger partial charge on any atom is 0.262 e. The van der Waals surface area contributed by atoms with Crippen LogP contribution < -0.4 is 15.4 Å². The Morgan fingerprint density at radius 1 is 1.32 bits per heavy atom. The average molecular weight is 315 g/mol. The predicted molar refractivity (Wildman–Crippen MR) is 87.6 cm³/mol. The van der Waals surface area contributed by atoms with Crippen LogP contribution in [-0.4, -0.2) is 23.5 Å². The topological polar surface area (TPSA) is 63.2 Å². The van der Waals surface area contributed by atoms with Crippen LogP contribution in [0, 0.1) is 0 Å². The number of anilines is 2. The molecule has 1 amide bonds. The molecule has 0 atom stereocenters. The van der Waals surface area contributed by atoms with Crippen molar-refractivity contribution in [3.05, 3.63) is 23.6 Å². The second-order valence-electron chi connectivity index (χ2n) is 5.71. The first kappa shape index (κ1) is 13.6. The summed E-state index contributed by atoms with van der Waals surface area (Å²) < 4.78 is 5.38. The largest absolute Gasteiger partial charge is 0.482 e. The number of nitrogens with zero attached hydrogens (tertiary/aromatic N) is 1. The summed E-state index contributed by atoms with van der Waals surface area (Å²) in [7, 11) is 0. The minimum absolute atomic E-state index is 0.0818. The number of hydrogen-bond donors (Lipinski definition) is 2. The van der Waals surface area contributed by atoms with Crippen LogP contribution in [-0.2, 0) is 4.79 Å². The molecular weight excluding hydrogens is 298 g/mol. The van der Waals surface area contributed by atoms with Gasteiger partial charge >= 0.3 is 0 Å². The molecule has 2 aromatic rings. The third-order valence-electron chi connectivity index (χ3n) is 4.10. The van der Waals surface area contributed by atoms with E-state index in [0.29, 0.717) is 17.5 Å². The molecule has 1 aromatic heterocycles. The van der Waals surface area contributed by atoms with Gasteiger partial charge in [-0.3, -0.25) is 4.79 Å². The molecule has 0 radical (unpaired) electrons. The number of benzene rings is 1. The lowest BCUT2D eigenvalue weighted by atomic mass is 10.1. The van der Waals surface area contributed by atoms with E-state index in [1.165, 1.54) is 25.7 Å². The van der Waals surface area contributed by atoms with Crippen molar-refractivity contribution in [1.29, 1.82) is 0 Å². The molecule has 22 heavy (non-hydrogen) atoms. The molecule has 2 N–H and O–H groups in total. The summed E-state index contributed by atoms with van der Waals surface area (Å²) in [4.78, 5) is 16.1. The van der Waals surface area contributed by atoms with Gasteiger partial charge < -0.3 is 15.4 Å². The molecule has 0 spiro atoms. The van der Waals surface area contributed by atoms with Crippen molar-refractivity contribution in [2.45, 2.75) is 31.7 Å². The van der Waals surface area contributed by atoms with Gasteiger partial charge in [-0.05, 0) is 31.0 Å². The van der Waals surface area contributed by atoms with E-state index in [4.69, 9.17) is 4.74 Å². The zero-order valence-electron chi connectivity index (χ0n) is 12.1. The van der Waals surface area contributed by atoms with Gasteiger partial charge in [0.25, 0.3) is 5.91 Å². The smallest absolute Gasteiger partial charge is 0.262 e. The maximum atomic E-state index is 11.4. The van der Waals surface area contributed by atoms with Crippen molar-refractivity contribution in [1.82, 2.24) is 4.98 Å². The molecule has 1 fully saturated rings. The Labute approximate surface area is 132 Å². The van der Waals surface area contributed by atoms with Crippen LogP contribution in [0.3, 0.4) is 0 Å². The van der Waals surface area contributed by atoms with Gasteiger partial charge in [-0.15, -0.1) is 11.3 Å². The van der Waals surface area contributed by atoms with Crippen molar-refractivity contribution in [2.24, 2.45) is 0 Å². The molecule has 0 saturated heterocycles. The molecular formula is C16H17N3O2S. The molecule has 6 heteroatoms. The molecule has 2 aliphatic rings. The summed E-state index contributed by atoms with van der Waals surface area (Å²) >= 11 is 1.63. The average Bonchev–Trinajstić information content (AvgIpc) is 3.19. The highest BCUT2D eigenvalue weighted by molar-refractivity contribution is 7.14. The minimum atomic E-state index is -0.119. The molecule has 1 saturated carbocycles. The maximum absolute atomic E-state index is 11.4. The summed E-state index contributed by atoms with van der Waals surface area (Å²) in [5.74, 6) is 0.592. The van der Waals surface area contributed by atoms with E-state index in [9.17, 15) is 4.79 Å². The van der Waals surface area contributed by atoms with Crippen LogP contribution in [0.15, 0.2) is 23.6 Å². The molecule has 4 rings (SSSR count). The Morgan fingerprint density at radius 3 is 3.05 bits per heavy atom. The first-order valence-electron chi connectivity index (χ1n) is 7.57. The summed E-state index contributed by atoms with van der Waals surface area (Å²) in [6, 6.07) is 6.34. The predicted octanol–water partition coefficient (Wildman–Crippen LogP) is 3.50. The van der Waals surface area contributed by atoms with E-state index in [0.717, 1.165) is 16.4 Å². The lowest BCUT2D eigenvalue weighted by Gasteiger charge is -2.18. The Hall–Kier alpha value is -2.08. The van der Waals surface area contributed by atoms with Gasteiger partial charge in [0.05, 0.1) is 11.4 Å². The van der Waals surface area contributed by atoms with Gasteiger partial charge in [-0.1, -0.05) is 12.8 Å². The van der Waals surface area contributed by atoms with Crippen LogP contribution in [0.1, 0.15) is 25.7 Å². The molecule has 0 bridgehead atoms. The van der Waals surface area contributed by atoms with Gasteiger partial charge in [0, 0.05) is 17.0 Å². The van der Waals surface area contributed by atoms with Crippen LogP contribution in [0.2, 0.25) is 0 Å². The fraction of sp³-hybridized carbons (Fsp3) is 0.375. The minimum Gasteiger partial charge on any atom is -0.482 e. The van der Waals surface area contributed by atoms with E-state index >= 15 is 0 Å². The molecule has 1 aromatic carbocycles. The number of thiazole rings is 1.